The molecule has 4 nitrogen and oxygen atoms in total. The molecule has 0 aromatic carbocycles. The second-order valence-electron chi connectivity index (χ2n) is 4.68. The van der Waals surface area contributed by atoms with Crippen molar-refractivity contribution in [3.05, 3.63) is 11.8 Å². The molecule has 0 spiro atoms. The molecule has 1 aromatic heterocycles. The Labute approximate surface area is 96.8 Å². The van der Waals surface area contributed by atoms with Gasteiger partial charge in [-0.3, -0.25) is 0 Å². The number of hydrogen-bond acceptors (Lipinski definition) is 4. The molecule has 0 radical (unpaired) electrons. The van der Waals surface area contributed by atoms with E-state index in [1.54, 1.807) is 0 Å². The maximum Gasteiger partial charge on any atom is 0.230 e. The summed E-state index contributed by atoms with van der Waals surface area (Å²) in [5, 5.41) is 11.1. The van der Waals surface area contributed by atoms with Gasteiger partial charge >= 0.3 is 0 Å². The molecule has 0 saturated heterocycles. The van der Waals surface area contributed by atoms with Crippen LogP contribution in [0.2, 0.25) is 0 Å². The van der Waals surface area contributed by atoms with Crippen molar-refractivity contribution in [3.8, 4) is 0 Å². The Morgan fingerprint density at radius 2 is 2.12 bits per heavy atom. The smallest absolute Gasteiger partial charge is 0.230 e. The quantitative estimate of drug-likeness (QED) is 0.753. The van der Waals surface area contributed by atoms with Crippen LogP contribution in [0.4, 0.5) is 0 Å². The van der Waals surface area contributed by atoms with Crippen molar-refractivity contribution in [2.24, 2.45) is 5.92 Å². The average Bonchev–Trinajstić information content (AvgIpc) is 2.89. The Morgan fingerprint density at radius 3 is 2.81 bits per heavy atom. The number of aromatic nitrogens is 2. The Morgan fingerprint density at radius 1 is 1.31 bits per heavy atom. The van der Waals surface area contributed by atoms with Gasteiger partial charge in [-0.2, -0.15) is 0 Å². The predicted octanol–water partition coefficient (Wildman–Crippen LogP) is 2.44. The standard InChI is InChI=1S/C12H21N3O/c1-10-14-15-12(16-10)9-13-8-4-7-11-5-2-3-6-11/h11,13H,2-9H2,1H3. The maximum absolute atomic E-state index is 5.28. The summed E-state index contributed by atoms with van der Waals surface area (Å²) in [6, 6.07) is 0. The number of nitrogens with one attached hydrogen (secondary N) is 1. The lowest BCUT2D eigenvalue weighted by atomic mass is 10.0. The molecule has 1 aliphatic rings. The molecule has 0 unspecified atom stereocenters. The summed E-state index contributed by atoms with van der Waals surface area (Å²) in [5.41, 5.74) is 0. The number of rotatable bonds is 6. The molecule has 4 heteroatoms. The first-order valence-corrected chi connectivity index (χ1v) is 6.34. The van der Waals surface area contributed by atoms with Crippen LogP contribution in [0.25, 0.3) is 0 Å². The van der Waals surface area contributed by atoms with Crippen molar-refractivity contribution < 1.29 is 4.42 Å². The van der Waals surface area contributed by atoms with Crippen molar-refractivity contribution in [3.63, 3.8) is 0 Å². The van der Waals surface area contributed by atoms with E-state index in [4.69, 9.17) is 4.42 Å². The van der Waals surface area contributed by atoms with Crippen LogP contribution < -0.4 is 5.32 Å². The molecule has 1 aliphatic carbocycles. The average molecular weight is 223 g/mol. The second-order valence-corrected chi connectivity index (χ2v) is 4.68. The van der Waals surface area contributed by atoms with E-state index in [-0.39, 0.29) is 0 Å². The van der Waals surface area contributed by atoms with Crippen LogP contribution in [0, 0.1) is 12.8 Å². The van der Waals surface area contributed by atoms with E-state index < -0.39 is 0 Å². The lowest BCUT2D eigenvalue weighted by molar-refractivity contribution is 0.431. The fourth-order valence-corrected chi connectivity index (χ4v) is 2.42. The number of nitrogens with zero attached hydrogens (tertiary/aromatic N) is 2. The topological polar surface area (TPSA) is 51.0 Å². The van der Waals surface area contributed by atoms with Crippen LogP contribution in [-0.4, -0.2) is 16.7 Å². The minimum Gasteiger partial charge on any atom is -0.424 e. The first kappa shape index (κ1) is 11.6. The summed E-state index contributed by atoms with van der Waals surface area (Å²) in [4.78, 5) is 0. The van der Waals surface area contributed by atoms with Gasteiger partial charge < -0.3 is 9.73 Å². The molecular formula is C12H21N3O. The van der Waals surface area contributed by atoms with Crippen LogP contribution in [0.3, 0.4) is 0 Å². The van der Waals surface area contributed by atoms with E-state index in [1.807, 2.05) is 6.92 Å². The van der Waals surface area contributed by atoms with Crippen LogP contribution in [0.1, 0.15) is 50.3 Å². The normalized spacial score (nSPS) is 17.1. The largest absolute Gasteiger partial charge is 0.424 e. The molecule has 16 heavy (non-hydrogen) atoms. The van der Waals surface area contributed by atoms with Crippen molar-refractivity contribution in [2.45, 2.75) is 52.0 Å². The molecule has 0 atom stereocenters. The molecule has 0 amide bonds. The predicted molar refractivity (Wildman–Crippen MR) is 61.9 cm³/mol. The van der Waals surface area contributed by atoms with Crippen LogP contribution in [-0.2, 0) is 6.54 Å². The molecular weight excluding hydrogens is 202 g/mol. The van der Waals surface area contributed by atoms with Gasteiger partial charge in [0.05, 0.1) is 6.54 Å². The zero-order valence-electron chi connectivity index (χ0n) is 10.0. The molecule has 0 bridgehead atoms. The van der Waals surface area contributed by atoms with Gasteiger partial charge in [-0.25, -0.2) is 0 Å². The summed E-state index contributed by atoms with van der Waals surface area (Å²) in [6.07, 6.45) is 8.41. The van der Waals surface area contributed by atoms with E-state index >= 15 is 0 Å². The van der Waals surface area contributed by atoms with E-state index in [2.05, 4.69) is 15.5 Å². The molecule has 1 aromatic rings. The minimum absolute atomic E-state index is 0.641. The summed E-state index contributed by atoms with van der Waals surface area (Å²) in [7, 11) is 0. The Balaban J connectivity index is 1.51. The zero-order valence-corrected chi connectivity index (χ0v) is 10.0. The van der Waals surface area contributed by atoms with Crippen molar-refractivity contribution in [1.82, 2.24) is 15.5 Å². The van der Waals surface area contributed by atoms with Crippen molar-refractivity contribution >= 4 is 0 Å². The molecule has 1 fully saturated rings. The van der Waals surface area contributed by atoms with Gasteiger partial charge in [-0.15, -0.1) is 10.2 Å². The van der Waals surface area contributed by atoms with Gasteiger partial charge in [0.2, 0.25) is 11.8 Å². The third kappa shape index (κ3) is 3.59. The van der Waals surface area contributed by atoms with Crippen LogP contribution in [0.15, 0.2) is 4.42 Å². The van der Waals surface area contributed by atoms with Gasteiger partial charge in [-0.05, 0) is 25.3 Å². The highest BCUT2D eigenvalue weighted by molar-refractivity contribution is 4.77. The van der Waals surface area contributed by atoms with Gasteiger partial charge in [-0.1, -0.05) is 25.7 Å². The van der Waals surface area contributed by atoms with E-state index in [0.717, 1.165) is 12.5 Å². The highest BCUT2D eigenvalue weighted by Crippen LogP contribution is 2.28. The van der Waals surface area contributed by atoms with E-state index in [9.17, 15) is 0 Å². The van der Waals surface area contributed by atoms with Crippen LogP contribution in [0.5, 0.6) is 0 Å². The van der Waals surface area contributed by atoms with Gasteiger partial charge in [0.25, 0.3) is 0 Å². The Kier molecular flexibility index (Phi) is 4.34. The Bertz CT molecular complexity index is 305. The zero-order chi connectivity index (χ0) is 11.2. The van der Waals surface area contributed by atoms with Gasteiger partial charge in [0.15, 0.2) is 0 Å². The summed E-state index contributed by atoms with van der Waals surface area (Å²) in [5.74, 6) is 2.33. The Hall–Kier alpha value is -0.900. The van der Waals surface area contributed by atoms with E-state index in [1.165, 1.54) is 38.5 Å². The molecule has 90 valence electrons. The van der Waals surface area contributed by atoms with Crippen LogP contribution >= 0.6 is 0 Å². The molecule has 0 aliphatic heterocycles. The highest BCUT2D eigenvalue weighted by atomic mass is 16.4. The van der Waals surface area contributed by atoms with Crippen molar-refractivity contribution in [1.29, 1.82) is 0 Å². The SMILES string of the molecule is Cc1nnc(CNCCCC2CCCC2)o1. The van der Waals surface area contributed by atoms with Gasteiger partial charge in [0.1, 0.15) is 0 Å². The van der Waals surface area contributed by atoms with Gasteiger partial charge in [0, 0.05) is 6.92 Å². The summed E-state index contributed by atoms with van der Waals surface area (Å²) >= 11 is 0. The fraction of sp³-hybridized carbons (Fsp3) is 0.833. The van der Waals surface area contributed by atoms with E-state index in [0.29, 0.717) is 18.3 Å². The van der Waals surface area contributed by atoms with Crippen molar-refractivity contribution in [2.75, 3.05) is 6.54 Å². The molecule has 2 rings (SSSR count). The first-order chi connectivity index (χ1) is 7.84. The number of aryl methyl sites for hydroxylation is 1. The minimum atomic E-state index is 0.641. The molecule has 1 saturated carbocycles. The summed E-state index contributed by atoms with van der Waals surface area (Å²) < 4.78 is 5.28. The molecule has 1 N–H and O–H groups in total. The monoisotopic (exact) mass is 223 g/mol. The lowest BCUT2D eigenvalue weighted by Gasteiger charge is -2.08. The third-order valence-electron chi connectivity index (χ3n) is 3.28. The number of hydrogen-bond donors (Lipinski definition) is 1. The first-order valence-electron chi connectivity index (χ1n) is 6.34. The second kappa shape index (κ2) is 5.99. The fourth-order valence-electron chi connectivity index (χ4n) is 2.42. The molecule has 1 heterocycles. The third-order valence-corrected chi connectivity index (χ3v) is 3.28. The summed E-state index contributed by atoms with van der Waals surface area (Å²) in [6.45, 7) is 3.57. The maximum atomic E-state index is 5.28. The lowest BCUT2D eigenvalue weighted by Crippen LogP contribution is -2.15. The highest BCUT2D eigenvalue weighted by Gasteiger charge is 2.13.